The minimum Gasteiger partial charge on any atom is -0.481 e. The van der Waals surface area contributed by atoms with Crippen molar-refractivity contribution in [3.05, 3.63) is 0 Å². The quantitative estimate of drug-likeness (QED) is 0.679. The molecule has 2 rings (SSSR count). The van der Waals surface area contributed by atoms with Gasteiger partial charge in [-0.05, 0) is 19.3 Å². The van der Waals surface area contributed by atoms with Gasteiger partial charge < -0.3 is 29.9 Å². The molecule has 23 heavy (non-hydrogen) atoms. The second kappa shape index (κ2) is 8.47. The molecule has 3 N–H and O–H groups in total. The number of hydrogen-bond acceptors (Lipinski definition) is 5. The van der Waals surface area contributed by atoms with Crippen molar-refractivity contribution in [1.82, 2.24) is 10.2 Å². The summed E-state index contributed by atoms with van der Waals surface area (Å²) in [7, 11) is 0. The summed E-state index contributed by atoms with van der Waals surface area (Å²) >= 11 is 0. The van der Waals surface area contributed by atoms with Gasteiger partial charge in [-0.3, -0.25) is 4.79 Å². The smallest absolute Gasteiger partial charge is 0.317 e. The Labute approximate surface area is 135 Å². The van der Waals surface area contributed by atoms with E-state index in [2.05, 4.69) is 5.32 Å². The number of ether oxygens (including phenoxy) is 2. The highest BCUT2D eigenvalue weighted by Gasteiger charge is 2.39. The summed E-state index contributed by atoms with van der Waals surface area (Å²) in [5, 5.41) is 21.7. The lowest BCUT2D eigenvalue weighted by Gasteiger charge is -2.44. The third kappa shape index (κ3) is 5.05. The van der Waals surface area contributed by atoms with E-state index < -0.39 is 12.1 Å². The predicted octanol–water partition coefficient (Wildman–Crippen LogP) is 0.190. The molecule has 2 fully saturated rings. The van der Waals surface area contributed by atoms with Gasteiger partial charge in [0.1, 0.15) is 6.10 Å². The molecule has 2 aliphatic rings. The highest BCUT2D eigenvalue weighted by atomic mass is 16.5. The van der Waals surface area contributed by atoms with Gasteiger partial charge in [0.15, 0.2) is 0 Å². The van der Waals surface area contributed by atoms with E-state index in [0.717, 1.165) is 6.42 Å². The molecule has 2 amide bonds. The molecule has 0 radical (unpaired) electrons. The number of hydrogen-bond donors (Lipinski definition) is 3. The maximum atomic E-state index is 12.4. The monoisotopic (exact) mass is 330 g/mol. The molecule has 2 aliphatic heterocycles. The lowest BCUT2D eigenvalue weighted by molar-refractivity contribution is -0.157. The van der Waals surface area contributed by atoms with E-state index in [1.165, 1.54) is 0 Å². The van der Waals surface area contributed by atoms with Crippen molar-refractivity contribution in [2.24, 2.45) is 0 Å². The fourth-order valence-electron chi connectivity index (χ4n) is 3.10. The molecule has 0 aliphatic carbocycles. The van der Waals surface area contributed by atoms with Crippen molar-refractivity contribution in [2.75, 3.05) is 26.3 Å². The Morgan fingerprint density at radius 3 is 2.78 bits per heavy atom. The Morgan fingerprint density at radius 2 is 2.09 bits per heavy atom. The average Bonchev–Trinajstić information content (AvgIpc) is 2.48. The van der Waals surface area contributed by atoms with Gasteiger partial charge in [0.05, 0.1) is 44.4 Å². The van der Waals surface area contributed by atoms with E-state index in [0.29, 0.717) is 19.4 Å². The van der Waals surface area contributed by atoms with Crippen LogP contribution in [0.4, 0.5) is 4.79 Å². The number of aliphatic hydroxyl groups excluding tert-OH is 1. The van der Waals surface area contributed by atoms with E-state index in [9.17, 15) is 14.7 Å². The Kier molecular flexibility index (Phi) is 6.61. The zero-order chi connectivity index (χ0) is 16.8. The fraction of sp³-hybridized carbons (Fsp3) is 0.867. The van der Waals surface area contributed by atoms with Crippen LogP contribution in [0.25, 0.3) is 0 Å². The maximum absolute atomic E-state index is 12.4. The summed E-state index contributed by atoms with van der Waals surface area (Å²) in [6.07, 6.45) is 0.527. The van der Waals surface area contributed by atoms with Crippen LogP contribution in [0.2, 0.25) is 0 Å². The Bertz CT molecular complexity index is 419. The molecule has 2 heterocycles. The fourth-order valence-corrected chi connectivity index (χ4v) is 3.10. The normalized spacial score (nSPS) is 31.7. The SMILES string of the molecule is CCCNC(=O)N1C[C@H](O)COC[C@H]2O[C@@H](CC(=O)O)CC[C@@H]21. The lowest BCUT2D eigenvalue weighted by atomic mass is 9.95. The minimum absolute atomic E-state index is 0.0477. The number of carboxylic acids is 1. The first-order valence-corrected chi connectivity index (χ1v) is 8.18. The third-order valence-corrected chi connectivity index (χ3v) is 4.17. The van der Waals surface area contributed by atoms with Gasteiger partial charge in [-0.1, -0.05) is 6.92 Å². The van der Waals surface area contributed by atoms with Crippen molar-refractivity contribution in [3.63, 3.8) is 0 Å². The molecule has 0 aromatic carbocycles. The number of aliphatic carboxylic acids is 1. The summed E-state index contributed by atoms with van der Waals surface area (Å²) in [4.78, 5) is 24.9. The standard InChI is InChI=1S/C15H26N2O6/c1-2-5-16-15(21)17-7-10(18)8-22-9-13-12(17)4-3-11(23-13)6-14(19)20/h10-13,18H,2-9H2,1H3,(H,16,21)(H,19,20)/t10-,11+,12-,13+/m0/s1. The molecule has 0 aromatic heterocycles. The van der Waals surface area contributed by atoms with Gasteiger partial charge in [0, 0.05) is 6.54 Å². The topological polar surface area (TPSA) is 108 Å². The van der Waals surface area contributed by atoms with Gasteiger partial charge in [-0.15, -0.1) is 0 Å². The first kappa shape index (κ1) is 18.0. The van der Waals surface area contributed by atoms with Crippen molar-refractivity contribution in [3.8, 4) is 0 Å². The summed E-state index contributed by atoms with van der Waals surface area (Å²) in [5.41, 5.74) is 0. The molecule has 132 valence electrons. The summed E-state index contributed by atoms with van der Waals surface area (Å²) in [6.45, 7) is 3.11. The number of carbonyl (C=O) groups excluding carboxylic acids is 1. The van der Waals surface area contributed by atoms with E-state index >= 15 is 0 Å². The van der Waals surface area contributed by atoms with E-state index in [4.69, 9.17) is 14.6 Å². The number of urea groups is 1. The zero-order valence-electron chi connectivity index (χ0n) is 13.4. The molecule has 2 saturated heterocycles. The second-order valence-electron chi connectivity index (χ2n) is 6.11. The van der Waals surface area contributed by atoms with Crippen molar-refractivity contribution < 1.29 is 29.3 Å². The molecule has 0 spiro atoms. The predicted molar refractivity (Wildman–Crippen MR) is 81.2 cm³/mol. The van der Waals surface area contributed by atoms with Crippen LogP contribution in [-0.2, 0) is 14.3 Å². The van der Waals surface area contributed by atoms with Crippen molar-refractivity contribution in [2.45, 2.75) is 57.0 Å². The first-order valence-electron chi connectivity index (χ1n) is 8.18. The van der Waals surface area contributed by atoms with Crippen LogP contribution >= 0.6 is 0 Å². The van der Waals surface area contributed by atoms with Gasteiger partial charge in [-0.25, -0.2) is 4.79 Å². The van der Waals surface area contributed by atoms with Crippen LogP contribution < -0.4 is 5.32 Å². The van der Waals surface area contributed by atoms with E-state index in [1.54, 1.807) is 4.90 Å². The molecule has 4 atom stereocenters. The van der Waals surface area contributed by atoms with E-state index in [-0.39, 0.29) is 50.5 Å². The number of aliphatic hydroxyl groups is 1. The van der Waals surface area contributed by atoms with Crippen LogP contribution in [-0.4, -0.2) is 77.8 Å². The molecule has 8 nitrogen and oxygen atoms in total. The van der Waals surface area contributed by atoms with Gasteiger partial charge in [0.2, 0.25) is 0 Å². The largest absolute Gasteiger partial charge is 0.481 e. The number of nitrogens with zero attached hydrogens (tertiary/aromatic N) is 1. The van der Waals surface area contributed by atoms with Crippen LogP contribution in [0.3, 0.4) is 0 Å². The van der Waals surface area contributed by atoms with Crippen LogP contribution in [0.5, 0.6) is 0 Å². The number of nitrogens with one attached hydrogen (secondary N) is 1. The Morgan fingerprint density at radius 1 is 1.30 bits per heavy atom. The lowest BCUT2D eigenvalue weighted by Crippen LogP contribution is -2.59. The molecule has 0 unspecified atom stereocenters. The van der Waals surface area contributed by atoms with Gasteiger partial charge in [0.25, 0.3) is 0 Å². The molecule has 0 aromatic rings. The van der Waals surface area contributed by atoms with Gasteiger partial charge >= 0.3 is 12.0 Å². The number of rotatable bonds is 4. The number of carboxylic acid groups (broad SMARTS) is 1. The Hall–Kier alpha value is -1.38. The van der Waals surface area contributed by atoms with Crippen molar-refractivity contribution in [1.29, 1.82) is 0 Å². The number of amides is 2. The average molecular weight is 330 g/mol. The molecule has 0 saturated carbocycles. The summed E-state index contributed by atoms with van der Waals surface area (Å²) < 4.78 is 11.3. The molecule has 8 heteroatoms. The number of β-amino-alcohol motifs (C(OH)–C–C–N with tert-alkyl or cyclic N) is 1. The summed E-state index contributed by atoms with van der Waals surface area (Å²) in [6, 6.07) is -0.435. The highest BCUT2D eigenvalue weighted by molar-refractivity contribution is 5.74. The minimum atomic E-state index is -0.895. The first-order chi connectivity index (χ1) is 11.0. The van der Waals surface area contributed by atoms with Gasteiger partial charge in [-0.2, -0.15) is 0 Å². The molecule has 0 bridgehead atoms. The van der Waals surface area contributed by atoms with E-state index in [1.807, 2.05) is 6.92 Å². The zero-order valence-corrected chi connectivity index (χ0v) is 13.4. The third-order valence-electron chi connectivity index (χ3n) is 4.17. The van der Waals surface area contributed by atoms with Crippen molar-refractivity contribution >= 4 is 12.0 Å². The van der Waals surface area contributed by atoms with Crippen LogP contribution in [0.1, 0.15) is 32.6 Å². The maximum Gasteiger partial charge on any atom is 0.317 e. The van der Waals surface area contributed by atoms with Crippen LogP contribution in [0, 0.1) is 0 Å². The number of carbonyl (C=O) groups is 2. The molecular weight excluding hydrogens is 304 g/mol. The molecular formula is C15H26N2O6. The van der Waals surface area contributed by atoms with Crippen LogP contribution in [0.15, 0.2) is 0 Å². The summed E-state index contributed by atoms with van der Waals surface area (Å²) in [5.74, 6) is -0.895. The highest BCUT2D eigenvalue weighted by Crippen LogP contribution is 2.27. The Balaban J connectivity index is 2.06. The number of fused-ring (bicyclic) bond motifs is 1. The second-order valence-corrected chi connectivity index (χ2v) is 6.11.